The van der Waals surface area contributed by atoms with Gasteiger partial charge in [0.15, 0.2) is 0 Å². The van der Waals surface area contributed by atoms with Crippen LogP contribution in [0.15, 0.2) is 24.3 Å². The fraction of sp³-hybridized carbons (Fsp3) is 0.591. The number of para-hydroxylation sites is 2. The van der Waals surface area contributed by atoms with Gasteiger partial charge in [0.25, 0.3) is 0 Å². The number of carbonyl (C=O) groups is 2. The predicted octanol–water partition coefficient (Wildman–Crippen LogP) is 2.53. The molecule has 2 saturated heterocycles. The van der Waals surface area contributed by atoms with E-state index >= 15 is 0 Å². The summed E-state index contributed by atoms with van der Waals surface area (Å²) in [4.78, 5) is 36.4. The summed E-state index contributed by atoms with van der Waals surface area (Å²) < 4.78 is 0. The lowest BCUT2D eigenvalue weighted by Gasteiger charge is -2.29. The van der Waals surface area contributed by atoms with Crippen LogP contribution < -0.4 is 0 Å². The summed E-state index contributed by atoms with van der Waals surface area (Å²) in [6.45, 7) is 6.53. The van der Waals surface area contributed by atoms with Gasteiger partial charge in [0, 0.05) is 50.9 Å². The highest BCUT2D eigenvalue weighted by Gasteiger charge is 2.52. The average Bonchev–Trinajstić information content (AvgIpc) is 3.34. The topological polar surface area (TPSA) is 89.5 Å². The number of likely N-dealkylation sites (tertiary alicyclic amines) is 2. The number of nitrogens with one attached hydrogen (secondary N) is 1. The highest BCUT2D eigenvalue weighted by molar-refractivity contribution is 5.78. The molecule has 2 aromatic rings. The summed E-state index contributed by atoms with van der Waals surface area (Å²) >= 11 is 0. The van der Waals surface area contributed by atoms with Crippen LogP contribution in [0, 0.1) is 11.3 Å². The number of amides is 1. The molecule has 2 fully saturated rings. The summed E-state index contributed by atoms with van der Waals surface area (Å²) in [5.74, 6) is 0.621. The van der Waals surface area contributed by atoms with E-state index in [-0.39, 0.29) is 17.7 Å². The van der Waals surface area contributed by atoms with Crippen LogP contribution in [0.1, 0.15) is 38.4 Å². The summed E-state index contributed by atoms with van der Waals surface area (Å²) in [7, 11) is 0. The monoisotopic (exact) mass is 398 g/mol. The molecule has 1 aromatic carbocycles. The van der Waals surface area contributed by atoms with Crippen molar-refractivity contribution in [3.05, 3.63) is 30.1 Å². The molecule has 2 N–H and O–H groups in total. The second-order valence-electron chi connectivity index (χ2n) is 8.66. The number of H-pyrrole nitrogens is 1. The van der Waals surface area contributed by atoms with Crippen LogP contribution in [0.2, 0.25) is 0 Å². The first-order valence-corrected chi connectivity index (χ1v) is 10.6. The van der Waals surface area contributed by atoms with Crippen molar-refractivity contribution in [1.82, 2.24) is 19.8 Å². The van der Waals surface area contributed by atoms with Gasteiger partial charge in [-0.2, -0.15) is 0 Å². The number of aryl methyl sites for hydroxylation is 1. The van der Waals surface area contributed by atoms with Crippen LogP contribution in [0.5, 0.6) is 0 Å². The van der Waals surface area contributed by atoms with Crippen LogP contribution >= 0.6 is 0 Å². The Bertz CT molecular complexity index is 862. The van der Waals surface area contributed by atoms with Crippen LogP contribution in [0.4, 0.5) is 0 Å². The summed E-state index contributed by atoms with van der Waals surface area (Å²) in [5, 5.41) is 9.20. The van der Waals surface area contributed by atoms with Crippen LogP contribution in [0.25, 0.3) is 11.0 Å². The van der Waals surface area contributed by atoms with Gasteiger partial charge >= 0.3 is 5.97 Å². The SMILES string of the molecule is CCCN1CC2CN(C(=O)CCc3nc4ccccc4[nH]3)CC2(CCC(=O)O)C1. The van der Waals surface area contributed by atoms with Crippen molar-refractivity contribution in [1.29, 1.82) is 0 Å². The van der Waals surface area contributed by atoms with Gasteiger partial charge in [0.2, 0.25) is 5.91 Å². The molecular formula is C22H30N4O3. The van der Waals surface area contributed by atoms with Gasteiger partial charge in [-0.25, -0.2) is 4.98 Å². The second kappa shape index (κ2) is 8.14. The standard InChI is InChI=1S/C22H30N4O3/c1-2-11-25-12-16-13-26(15-22(16,14-25)10-9-21(28)29)20(27)8-7-19-23-17-5-3-4-6-18(17)24-19/h3-6,16H,2,7-15H2,1H3,(H,23,24)(H,28,29). The fourth-order valence-electron chi connectivity index (χ4n) is 5.19. The maximum absolute atomic E-state index is 12.9. The van der Waals surface area contributed by atoms with Crippen LogP contribution in [-0.4, -0.2) is 69.5 Å². The predicted molar refractivity (Wildman–Crippen MR) is 111 cm³/mol. The minimum atomic E-state index is -0.748. The summed E-state index contributed by atoms with van der Waals surface area (Å²) in [5.41, 5.74) is 1.85. The molecule has 29 heavy (non-hydrogen) atoms. The number of aromatic amines is 1. The minimum Gasteiger partial charge on any atom is -0.481 e. The number of carboxylic acid groups (broad SMARTS) is 1. The lowest BCUT2D eigenvalue weighted by atomic mass is 9.77. The lowest BCUT2D eigenvalue weighted by molar-refractivity contribution is -0.137. The number of carbonyl (C=O) groups excluding carboxylic acids is 1. The van der Waals surface area contributed by atoms with Crippen molar-refractivity contribution >= 4 is 22.9 Å². The van der Waals surface area contributed by atoms with Gasteiger partial charge in [-0.05, 0) is 37.4 Å². The molecule has 4 rings (SSSR count). The van der Waals surface area contributed by atoms with Gasteiger partial charge in [-0.1, -0.05) is 19.1 Å². The molecule has 1 aromatic heterocycles. The van der Waals surface area contributed by atoms with E-state index in [0.717, 1.165) is 49.5 Å². The molecule has 1 amide bonds. The van der Waals surface area contributed by atoms with E-state index in [2.05, 4.69) is 21.8 Å². The lowest BCUT2D eigenvalue weighted by Crippen LogP contribution is -2.37. The molecule has 7 nitrogen and oxygen atoms in total. The Morgan fingerprint density at radius 2 is 2.07 bits per heavy atom. The Morgan fingerprint density at radius 1 is 1.24 bits per heavy atom. The molecule has 2 atom stereocenters. The average molecular weight is 399 g/mol. The zero-order chi connectivity index (χ0) is 20.4. The molecule has 0 radical (unpaired) electrons. The third-order valence-electron chi connectivity index (χ3n) is 6.57. The first kappa shape index (κ1) is 19.9. The fourth-order valence-corrected chi connectivity index (χ4v) is 5.19. The maximum atomic E-state index is 12.9. The minimum absolute atomic E-state index is 0.0669. The first-order chi connectivity index (χ1) is 14.0. The number of rotatable bonds is 8. The second-order valence-corrected chi connectivity index (χ2v) is 8.66. The number of fused-ring (bicyclic) bond motifs is 2. The number of aromatic nitrogens is 2. The Balaban J connectivity index is 1.38. The summed E-state index contributed by atoms with van der Waals surface area (Å²) in [6, 6.07) is 7.88. The van der Waals surface area contributed by atoms with E-state index in [9.17, 15) is 14.7 Å². The third kappa shape index (κ3) is 4.15. The number of carboxylic acids is 1. The van der Waals surface area contributed by atoms with E-state index < -0.39 is 5.97 Å². The van der Waals surface area contributed by atoms with E-state index in [1.807, 2.05) is 29.2 Å². The molecule has 2 aliphatic heterocycles. The smallest absolute Gasteiger partial charge is 0.303 e. The van der Waals surface area contributed by atoms with Crippen molar-refractivity contribution < 1.29 is 14.7 Å². The van der Waals surface area contributed by atoms with Gasteiger partial charge in [-0.3, -0.25) is 9.59 Å². The molecule has 2 unspecified atom stereocenters. The van der Waals surface area contributed by atoms with E-state index in [1.54, 1.807) is 0 Å². The quantitative estimate of drug-likeness (QED) is 0.713. The zero-order valence-electron chi connectivity index (χ0n) is 17.1. The van der Waals surface area contributed by atoms with Crippen molar-refractivity contribution in [2.75, 3.05) is 32.7 Å². The number of benzene rings is 1. The van der Waals surface area contributed by atoms with Gasteiger partial charge in [0.05, 0.1) is 11.0 Å². The first-order valence-electron chi connectivity index (χ1n) is 10.6. The number of hydrogen-bond acceptors (Lipinski definition) is 4. The number of aliphatic carboxylic acids is 1. The van der Waals surface area contributed by atoms with Crippen LogP contribution in [-0.2, 0) is 16.0 Å². The maximum Gasteiger partial charge on any atom is 0.303 e. The Labute approximate surface area is 171 Å². The molecule has 7 heteroatoms. The van der Waals surface area contributed by atoms with Gasteiger partial charge in [0.1, 0.15) is 5.82 Å². The molecular weight excluding hydrogens is 368 g/mol. The van der Waals surface area contributed by atoms with E-state index in [1.165, 1.54) is 0 Å². The Kier molecular flexibility index (Phi) is 5.58. The molecule has 0 spiro atoms. The van der Waals surface area contributed by atoms with E-state index in [0.29, 0.717) is 31.7 Å². The summed E-state index contributed by atoms with van der Waals surface area (Å²) in [6.07, 6.45) is 2.96. The number of imidazole rings is 1. The Morgan fingerprint density at radius 3 is 2.83 bits per heavy atom. The molecule has 2 aliphatic rings. The van der Waals surface area contributed by atoms with Crippen molar-refractivity contribution in [3.8, 4) is 0 Å². The highest BCUT2D eigenvalue weighted by Crippen LogP contribution is 2.46. The van der Waals surface area contributed by atoms with E-state index in [4.69, 9.17) is 0 Å². The van der Waals surface area contributed by atoms with Gasteiger partial charge < -0.3 is 19.9 Å². The molecule has 0 saturated carbocycles. The highest BCUT2D eigenvalue weighted by atomic mass is 16.4. The number of nitrogens with zero attached hydrogens (tertiary/aromatic N) is 3. The molecule has 156 valence electrons. The molecule has 0 bridgehead atoms. The Hall–Kier alpha value is -2.41. The largest absolute Gasteiger partial charge is 0.481 e. The third-order valence-corrected chi connectivity index (χ3v) is 6.57. The number of hydrogen-bond donors (Lipinski definition) is 2. The van der Waals surface area contributed by atoms with Crippen molar-refractivity contribution in [2.45, 2.75) is 39.0 Å². The van der Waals surface area contributed by atoms with Gasteiger partial charge in [-0.15, -0.1) is 0 Å². The molecule has 3 heterocycles. The van der Waals surface area contributed by atoms with Crippen molar-refractivity contribution in [3.63, 3.8) is 0 Å². The zero-order valence-corrected chi connectivity index (χ0v) is 17.1. The van der Waals surface area contributed by atoms with Crippen molar-refractivity contribution in [2.24, 2.45) is 11.3 Å². The normalized spacial score (nSPS) is 24.3. The molecule has 0 aliphatic carbocycles. The van der Waals surface area contributed by atoms with Crippen LogP contribution in [0.3, 0.4) is 0 Å².